The Morgan fingerprint density at radius 3 is 1.41 bits per heavy atom. The molecule has 530 valence electrons. The Hall–Kier alpha value is -7.57. The zero-order valence-electron chi connectivity index (χ0n) is 58.5. The molecule has 5 fully saturated rings. The van der Waals surface area contributed by atoms with E-state index < -0.39 is 17.8 Å². The second kappa shape index (κ2) is 31.7. The molecule has 1 N–H and O–H groups in total. The molecule has 0 unspecified atom stereocenters. The molecule has 7 aromatic rings. The van der Waals surface area contributed by atoms with Crippen molar-refractivity contribution in [1.82, 2.24) is 45.5 Å². The zero-order chi connectivity index (χ0) is 70.9. The number of likely N-dealkylation sites (tertiary alicyclic amines) is 1. The van der Waals surface area contributed by atoms with Crippen LogP contribution in [0.1, 0.15) is 212 Å². The van der Waals surface area contributed by atoms with Gasteiger partial charge in [-0.3, -0.25) is 29.4 Å². The van der Waals surface area contributed by atoms with E-state index in [9.17, 15) is 32.3 Å². The maximum Gasteiger partial charge on any atom is 0.417 e. The molecular weight excluding hydrogens is 1300 g/mol. The highest BCUT2D eigenvalue weighted by molar-refractivity contribution is 6.36. The number of carbonyl (C=O) groups excluding carboxylic acids is 4. The van der Waals surface area contributed by atoms with E-state index in [0.29, 0.717) is 69.8 Å². The second-order valence-corrected chi connectivity index (χ2v) is 31.0. The molecule has 0 aromatic carbocycles. The fourth-order valence-corrected chi connectivity index (χ4v) is 13.3. The molecule has 7 aromatic heterocycles. The molecular formula is C72H94Cl2F3N13O8. The summed E-state index contributed by atoms with van der Waals surface area (Å²) in [5.41, 5.74) is 2.12. The van der Waals surface area contributed by atoms with Crippen LogP contribution >= 0.6 is 23.2 Å². The van der Waals surface area contributed by atoms with Gasteiger partial charge in [-0.05, 0) is 95.0 Å². The molecule has 11 heterocycles. The first kappa shape index (κ1) is 74.6. The highest BCUT2D eigenvalue weighted by Crippen LogP contribution is 2.36. The summed E-state index contributed by atoms with van der Waals surface area (Å²) in [5, 5.41) is 20.1. The number of alkyl halides is 3. The van der Waals surface area contributed by atoms with Crippen LogP contribution in [0, 0.1) is 0 Å². The number of pyridine rings is 2. The third kappa shape index (κ3) is 19.7. The van der Waals surface area contributed by atoms with E-state index >= 15 is 0 Å². The molecule has 5 aliphatic rings. The van der Waals surface area contributed by atoms with Crippen molar-refractivity contribution in [2.75, 3.05) is 46.2 Å². The molecule has 4 aliphatic heterocycles. The van der Waals surface area contributed by atoms with Gasteiger partial charge in [0, 0.05) is 96.4 Å². The van der Waals surface area contributed by atoms with Gasteiger partial charge in [-0.2, -0.15) is 13.2 Å². The lowest BCUT2D eigenvalue weighted by Gasteiger charge is -2.34. The minimum atomic E-state index is -4.43. The van der Waals surface area contributed by atoms with Crippen LogP contribution in [0.4, 0.5) is 36.6 Å². The van der Waals surface area contributed by atoms with Crippen molar-refractivity contribution in [1.29, 1.82) is 0 Å². The molecule has 26 heteroatoms. The molecule has 1 aliphatic carbocycles. The first-order chi connectivity index (χ1) is 46.2. The maximum atomic E-state index is 12.8. The van der Waals surface area contributed by atoms with Gasteiger partial charge in [-0.15, -0.1) is 0 Å². The third-order valence-electron chi connectivity index (χ3n) is 18.3. The van der Waals surface area contributed by atoms with Gasteiger partial charge >= 0.3 is 6.18 Å². The third-order valence-corrected chi connectivity index (χ3v) is 18.8. The van der Waals surface area contributed by atoms with Crippen molar-refractivity contribution in [2.24, 2.45) is 0 Å². The number of hydrogen-bond donors (Lipinski definition) is 1. The van der Waals surface area contributed by atoms with Crippen molar-refractivity contribution < 1.29 is 50.4 Å². The van der Waals surface area contributed by atoms with E-state index in [4.69, 9.17) is 41.3 Å². The van der Waals surface area contributed by atoms with Gasteiger partial charge in [-0.25, -0.2) is 19.9 Å². The summed E-state index contributed by atoms with van der Waals surface area (Å²) in [6, 6.07) is 12.8. The Kier molecular flexibility index (Phi) is 24.2. The van der Waals surface area contributed by atoms with Crippen LogP contribution < -0.4 is 20.0 Å². The molecule has 21 nitrogen and oxygen atoms in total. The predicted octanol–water partition coefficient (Wildman–Crippen LogP) is 14.9. The molecule has 0 radical (unpaired) electrons. The van der Waals surface area contributed by atoms with Crippen LogP contribution in [0.25, 0.3) is 0 Å². The lowest BCUT2D eigenvalue weighted by molar-refractivity contribution is -0.138. The first-order valence-corrected chi connectivity index (χ1v) is 34.9. The Bertz CT molecular complexity index is 3790. The Balaban J connectivity index is 0.000000153. The molecule has 4 atom stereocenters. The zero-order valence-corrected chi connectivity index (χ0v) is 60.0. The number of halogens is 5. The van der Waals surface area contributed by atoms with E-state index in [2.05, 4.69) is 113 Å². The number of nitrogens with one attached hydrogen (secondary N) is 1. The molecule has 1 amide bonds. The van der Waals surface area contributed by atoms with Gasteiger partial charge in [0.1, 0.15) is 28.9 Å². The Morgan fingerprint density at radius 1 is 0.500 bits per heavy atom. The Labute approximate surface area is 582 Å². The molecule has 12 rings (SSSR count). The highest BCUT2D eigenvalue weighted by atomic mass is 35.5. The SMILES string of the molecule is CC(C)(C)c1cc(CC(=O)[C@@H]2CCCN2c2ccc(C(F)(F)F)cn2)on1.CC(C)(C)c1cc(CC(=O)[C@@H]2CCCN2c2ncc(Cl)cc2Cl)on1.CC(C)(C)c1cc(CC(=O)[C@@H]2CCCN2c2ncccn2)on1.CC(C)(C)c1cc(NC(=O)[C@@H]2CCCN2C2CCCCC2)on1. The Morgan fingerprint density at radius 2 is 0.949 bits per heavy atom. The van der Waals surface area contributed by atoms with E-state index in [1.165, 1.54) is 38.2 Å². The minimum Gasteiger partial charge on any atom is -0.361 e. The number of amides is 1. The van der Waals surface area contributed by atoms with Crippen molar-refractivity contribution in [3.8, 4) is 0 Å². The lowest BCUT2D eigenvalue weighted by Crippen LogP contribution is -2.46. The smallest absolute Gasteiger partial charge is 0.361 e. The van der Waals surface area contributed by atoms with Crippen LogP contribution in [-0.2, 0) is 66.3 Å². The number of nitrogens with zero attached hydrogens (tertiary/aromatic N) is 12. The summed E-state index contributed by atoms with van der Waals surface area (Å²) in [4.78, 5) is 75.8. The fraction of sp³-hybridized carbons (Fsp3) is 0.583. The maximum absolute atomic E-state index is 12.8. The topological polar surface area (TPSA) is 249 Å². The molecule has 98 heavy (non-hydrogen) atoms. The number of anilines is 4. The van der Waals surface area contributed by atoms with Crippen LogP contribution in [0.2, 0.25) is 10.0 Å². The molecule has 0 spiro atoms. The van der Waals surface area contributed by atoms with Crippen molar-refractivity contribution >= 4 is 69.9 Å². The van der Waals surface area contributed by atoms with Crippen LogP contribution in [-0.4, -0.2) is 125 Å². The van der Waals surface area contributed by atoms with Crippen LogP contribution in [0.15, 0.2) is 91.4 Å². The fourth-order valence-electron chi connectivity index (χ4n) is 12.8. The number of carbonyl (C=O) groups is 4. The monoisotopic (exact) mass is 1400 g/mol. The van der Waals surface area contributed by atoms with Gasteiger partial charge in [0.05, 0.1) is 81.8 Å². The number of Topliss-reactive ketones (excluding diaryl/α,β-unsaturated/α-hetero) is 3. The van der Waals surface area contributed by atoms with Gasteiger partial charge < -0.3 is 32.8 Å². The number of ketones is 3. The summed E-state index contributed by atoms with van der Waals surface area (Å²) in [7, 11) is 0. The van der Waals surface area contributed by atoms with E-state index in [0.717, 1.165) is 99.6 Å². The second-order valence-electron chi connectivity index (χ2n) is 30.2. The quantitative estimate of drug-likeness (QED) is 0.100. The van der Waals surface area contributed by atoms with Crippen molar-refractivity contribution in [3.05, 3.63) is 129 Å². The number of rotatable bonds is 15. The highest BCUT2D eigenvalue weighted by Gasteiger charge is 2.39. The average molecular weight is 1400 g/mol. The van der Waals surface area contributed by atoms with E-state index in [-0.39, 0.29) is 82.3 Å². The van der Waals surface area contributed by atoms with E-state index in [1.807, 2.05) is 48.8 Å². The summed E-state index contributed by atoms with van der Waals surface area (Å²) in [5.74, 6) is 4.02. The average Bonchev–Trinajstić information content (AvgIpc) is 1.66. The molecule has 1 saturated carbocycles. The first-order valence-electron chi connectivity index (χ1n) is 34.1. The largest absolute Gasteiger partial charge is 0.417 e. The number of hydrogen-bond acceptors (Lipinski definition) is 20. The lowest BCUT2D eigenvalue weighted by atomic mass is 9.92. The summed E-state index contributed by atoms with van der Waals surface area (Å²) >= 11 is 12.2. The standard InChI is InChI=1S/C19H22F3N3O2.C18H21Cl2N3O2.C18H29N3O2.C17H22N4O2/c1-18(2,3)16-10-13(27-24-16)9-15(26)14-5-4-8-25(14)17-7-6-12(11-23-17)19(20,21)22;1-18(2,3)16-9-12(25-22-16)8-15(24)14-5-4-6-23(14)17-13(20)7-11(19)10-21-17;1-18(2,3)15-12-16(23-20-15)19-17(22)14-10-7-11-21(14)13-8-5-4-6-9-13;1-17(2,3)15-11-12(23-20-15)10-14(22)13-6-4-9-21(13)16-18-7-5-8-19-16/h6-7,10-11,14H,4-5,8-9H2,1-3H3;7,9-10,14H,4-6,8H2,1-3H3;12-14H,4-11H2,1-3H3,(H,19,22);5,7-8,11,13H,4,6,9-10H2,1-3H3/t3*14-;13-/m0000/s1. The van der Waals surface area contributed by atoms with Gasteiger partial charge in [0.15, 0.2) is 17.3 Å². The predicted molar refractivity (Wildman–Crippen MR) is 369 cm³/mol. The van der Waals surface area contributed by atoms with Crippen molar-refractivity contribution in [2.45, 2.75) is 244 Å². The number of aromatic nitrogens is 8. The van der Waals surface area contributed by atoms with E-state index in [1.54, 1.807) is 41.7 Å². The summed E-state index contributed by atoms with van der Waals surface area (Å²) < 4.78 is 59.4. The van der Waals surface area contributed by atoms with Gasteiger partial charge in [0.25, 0.3) is 0 Å². The van der Waals surface area contributed by atoms with Crippen LogP contribution in [0.3, 0.4) is 0 Å². The minimum absolute atomic E-state index is 0.0127. The van der Waals surface area contributed by atoms with Gasteiger partial charge in [-0.1, -0.05) is 146 Å². The van der Waals surface area contributed by atoms with Gasteiger partial charge in [0.2, 0.25) is 17.7 Å². The molecule has 4 saturated heterocycles. The van der Waals surface area contributed by atoms with Crippen molar-refractivity contribution in [3.63, 3.8) is 0 Å². The molecule has 0 bridgehead atoms. The van der Waals surface area contributed by atoms with Crippen LogP contribution in [0.5, 0.6) is 0 Å². The normalized spacial score (nSPS) is 19.5. The summed E-state index contributed by atoms with van der Waals surface area (Å²) in [6.07, 6.45) is 15.3. The summed E-state index contributed by atoms with van der Waals surface area (Å²) in [6.45, 7) is 27.8.